The molecule has 1 aliphatic rings. The fourth-order valence-electron chi connectivity index (χ4n) is 2.72. The topological polar surface area (TPSA) is 113 Å². The molecule has 0 spiro atoms. The van der Waals surface area contributed by atoms with Crippen LogP contribution < -0.4 is 10.0 Å². The van der Waals surface area contributed by atoms with Gasteiger partial charge in [-0.15, -0.1) is 0 Å². The molecule has 0 bridgehead atoms. The summed E-state index contributed by atoms with van der Waals surface area (Å²) in [5, 5.41) is 2.53. The number of hydrogen-bond acceptors (Lipinski definition) is 5. The van der Waals surface area contributed by atoms with Crippen molar-refractivity contribution in [1.29, 1.82) is 0 Å². The highest BCUT2D eigenvalue weighted by Gasteiger charge is 2.32. The van der Waals surface area contributed by atoms with E-state index in [0.717, 1.165) is 24.5 Å². The largest absolute Gasteiger partial charge is 0.416 e. The monoisotopic (exact) mass is 443 g/mol. The number of sulfonamides is 2. The van der Waals surface area contributed by atoms with Crippen molar-refractivity contribution in [3.05, 3.63) is 29.8 Å². The molecule has 28 heavy (non-hydrogen) atoms. The SMILES string of the molecule is CS(=O)(=O)N1CCCC(NC(=O)CNS(=O)(=O)c2cccc(C(F)(F)F)c2)C1. The Hall–Kier alpha value is -1.70. The maximum atomic E-state index is 12.7. The molecule has 1 aromatic carbocycles. The molecule has 1 fully saturated rings. The van der Waals surface area contributed by atoms with Crippen LogP contribution >= 0.6 is 0 Å². The average molecular weight is 443 g/mol. The summed E-state index contributed by atoms with van der Waals surface area (Å²) in [6, 6.07) is 2.68. The number of carbonyl (C=O) groups is 1. The number of nitrogens with zero attached hydrogens (tertiary/aromatic N) is 1. The fourth-order valence-corrected chi connectivity index (χ4v) is 4.66. The summed E-state index contributed by atoms with van der Waals surface area (Å²) in [6.07, 6.45) is -2.58. The molecule has 1 saturated heterocycles. The molecular weight excluding hydrogens is 423 g/mol. The fraction of sp³-hybridized carbons (Fsp3) is 0.533. The third-order valence-corrected chi connectivity index (χ3v) is 6.78. The Morgan fingerprint density at radius 1 is 1.25 bits per heavy atom. The van der Waals surface area contributed by atoms with E-state index < -0.39 is 55.2 Å². The smallest absolute Gasteiger partial charge is 0.351 e. The van der Waals surface area contributed by atoms with Crippen molar-refractivity contribution >= 4 is 26.0 Å². The number of piperidine rings is 1. The van der Waals surface area contributed by atoms with E-state index in [-0.39, 0.29) is 6.54 Å². The standard InChI is InChI=1S/C15H20F3N3O5S2/c1-27(23,24)21-7-3-5-12(10-21)20-14(22)9-19-28(25,26)13-6-2-4-11(8-13)15(16,17)18/h2,4,6,8,12,19H,3,5,7,9-10H2,1H3,(H,20,22). The predicted octanol–water partition coefficient (Wildman–Crippen LogP) is 0.524. The van der Waals surface area contributed by atoms with Gasteiger partial charge in [0.1, 0.15) is 0 Å². The van der Waals surface area contributed by atoms with E-state index >= 15 is 0 Å². The second-order valence-electron chi connectivity index (χ2n) is 6.38. The molecule has 1 aliphatic heterocycles. The molecule has 1 atom stereocenters. The van der Waals surface area contributed by atoms with Gasteiger partial charge in [-0.05, 0) is 31.0 Å². The number of benzene rings is 1. The summed E-state index contributed by atoms with van der Waals surface area (Å²) in [5.41, 5.74) is -1.12. The van der Waals surface area contributed by atoms with E-state index in [4.69, 9.17) is 0 Å². The van der Waals surface area contributed by atoms with Crippen molar-refractivity contribution in [1.82, 2.24) is 14.3 Å². The summed E-state index contributed by atoms with van der Waals surface area (Å²) >= 11 is 0. The van der Waals surface area contributed by atoms with E-state index in [1.165, 1.54) is 4.31 Å². The van der Waals surface area contributed by atoms with E-state index in [9.17, 15) is 34.8 Å². The van der Waals surface area contributed by atoms with E-state index in [1.807, 2.05) is 4.72 Å². The van der Waals surface area contributed by atoms with Crippen molar-refractivity contribution in [2.45, 2.75) is 30.0 Å². The van der Waals surface area contributed by atoms with Crippen LogP contribution in [0.5, 0.6) is 0 Å². The average Bonchev–Trinajstić information content (AvgIpc) is 2.59. The van der Waals surface area contributed by atoms with Gasteiger partial charge in [0.25, 0.3) is 0 Å². The molecule has 0 saturated carbocycles. The van der Waals surface area contributed by atoms with Crippen LogP contribution in [0.3, 0.4) is 0 Å². The second-order valence-corrected chi connectivity index (χ2v) is 10.1. The third-order valence-electron chi connectivity index (χ3n) is 4.11. The van der Waals surface area contributed by atoms with Gasteiger partial charge in [-0.1, -0.05) is 6.07 Å². The highest BCUT2D eigenvalue weighted by atomic mass is 32.2. The second kappa shape index (κ2) is 8.35. The van der Waals surface area contributed by atoms with Crippen LogP contribution in [0.25, 0.3) is 0 Å². The van der Waals surface area contributed by atoms with E-state index in [1.54, 1.807) is 0 Å². The van der Waals surface area contributed by atoms with Crippen LogP contribution in [0, 0.1) is 0 Å². The zero-order valence-electron chi connectivity index (χ0n) is 14.9. The molecule has 8 nitrogen and oxygen atoms in total. The molecule has 0 aromatic heterocycles. The van der Waals surface area contributed by atoms with Gasteiger partial charge in [-0.3, -0.25) is 4.79 Å². The van der Waals surface area contributed by atoms with Gasteiger partial charge in [-0.25, -0.2) is 25.9 Å². The molecule has 1 aromatic rings. The maximum Gasteiger partial charge on any atom is 0.416 e. The number of alkyl halides is 3. The minimum Gasteiger partial charge on any atom is -0.351 e. The summed E-state index contributed by atoms with van der Waals surface area (Å²) in [6.45, 7) is -0.272. The van der Waals surface area contributed by atoms with Gasteiger partial charge >= 0.3 is 6.18 Å². The van der Waals surface area contributed by atoms with Crippen LogP contribution in [0.1, 0.15) is 18.4 Å². The summed E-state index contributed by atoms with van der Waals surface area (Å²) < 4.78 is 88.8. The Labute approximate surface area is 161 Å². The van der Waals surface area contributed by atoms with E-state index in [2.05, 4.69) is 5.32 Å². The Bertz CT molecular complexity index is 932. The van der Waals surface area contributed by atoms with Crippen LogP contribution in [-0.4, -0.2) is 59.0 Å². The zero-order valence-corrected chi connectivity index (χ0v) is 16.5. The first-order valence-electron chi connectivity index (χ1n) is 8.20. The van der Waals surface area contributed by atoms with Gasteiger partial charge in [-0.2, -0.15) is 13.2 Å². The molecular formula is C15H20F3N3O5S2. The lowest BCUT2D eigenvalue weighted by Crippen LogP contribution is -2.51. The third kappa shape index (κ3) is 6.15. The summed E-state index contributed by atoms with van der Waals surface area (Å²) in [4.78, 5) is 11.4. The molecule has 158 valence electrons. The lowest BCUT2D eigenvalue weighted by atomic mass is 10.1. The minimum atomic E-state index is -4.70. The summed E-state index contributed by atoms with van der Waals surface area (Å²) in [5.74, 6) is -0.712. The Kier molecular flexibility index (Phi) is 6.74. The predicted molar refractivity (Wildman–Crippen MR) is 94.2 cm³/mol. The van der Waals surface area contributed by atoms with Crippen molar-refractivity contribution in [3.63, 3.8) is 0 Å². The quantitative estimate of drug-likeness (QED) is 0.666. The maximum absolute atomic E-state index is 12.7. The molecule has 13 heteroatoms. The van der Waals surface area contributed by atoms with E-state index in [0.29, 0.717) is 25.5 Å². The van der Waals surface area contributed by atoms with Crippen LogP contribution in [-0.2, 0) is 31.0 Å². The molecule has 1 amide bonds. The number of nitrogens with one attached hydrogen (secondary N) is 2. The highest BCUT2D eigenvalue weighted by Crippen LogP contribution is 2.30. The van der Waals surface area contributed by atoms with Crippen LogP contribution in [0.2, 0.25) is 0 Å². The molecule has 2 N–H and O–H groups in total. The van der Waals surface area contributed by atoms with Gasteiger partial charge in [0.2, 0.25) is 26.0 Å². The minimum absolute atomic E-state index is 0.0744. The lowest BCUT2D eigenvalue weighted by molar-refractivity contribution is -0.137. The highest BCUT2D eigenvalue weighted by molar-refractivity contribution is 7.89. The van der Waals surface area contributed by atoms with Crippen molar-refractivity contribution in [3.8, 4) is 0 Å². The number of hydrogen-bond donors (Lipinski definition) is 2. The Morgan fingerprint density at radius 3 is 2.54 bits per heavy atom. The first-order chi connectivity index (χ1) is 12.8. The summed E-state index contributed by atoms with van der Waals surface area (Å²) in [7, 11) is -7.73. The van der Waals surface area contributed by atoms with Crippen LogP contribution in [0.4, 0.5) is 13.2 Å². The first-order valence-corrected chi connectivity index (χ1v) is 11.5. The number of halogens is 3. The van der Waals surface area contributed by atoms with Crippen LogP contribution in [0.15, 0.2) is 29.2 Å². The molecule has 1 unspecified atom stereocenters. The van der Waals surface area contributed by atoms with Gasteiger partial charge in [0.05, 0.1) is 23.3 Å². The van der Waals surface area contributed by atoms with Crippen molar-refractivity contribution < 1.29 is 34.8 Å². The number of carbonyl (C=O) groups excluding carboxylic acids is 1. The Balaban J connectivity index is 1.97. The number of amides is 1. The lowest BCUT2D eigenvalue weighted by Gasteiger charge is -2.31. The van der Waals surface area contributed by atoms with Crippen molar-refractivity contribution in [2.75, 3.05) is 25.9 Å². The zero-order chi connectivity index (χ0) is 21.2. The molecule has 0 radical (unpaired) electrons. The normalized spacial score (nSPS) is 19.4. The van der Waals surface area contributed by atoms with Gasteiger partial charge in [0, 0.05) is 19.1 Å². The molecule has 0 aliphatic carbocycles. The molecule has 2 rings (SSSR count). The van der Waals surface area contributed by atoms with Gasteiger partial charge < -0.3 is 5.32 Å². The van der Waals surface area contributed by atoms with Crippen molar-refractivity contribution in [2.24, 2.45) is 0 Å². The molecule has 1 heterocycles. The van der Waals surface area contributed by atoms with Gasteiger partial charge in [0.15, 0.2) is 0 Å². The number of rotatable bonds is 6. The Morgan fingerprint density at radius 2 is 1.93 bits per heavy atom. The first kappa shape index (κ1) is 22.6.